The summed E-state index contributed by atoms with van der Waals surface area (Å²) in [7, 11) is 0. The van der Waals surface area contributed by atoms with Crippen molar-refractivity contribution in [1.29, 1.82) is 0 Å². The molecule has 1 aliphatic carbocycles. The second-order valence-electron chi connectivity index (χ2n) is 7.72. The second-order valence-corrected chi connectivity index (χ2v) is 8.13. The van der Waals surface area contributed by atoms with Crippen LogP contribution in [0.25, 0.3) is 11.5 Å². The highest BCUT2D eigenvalue weighted by atomic mass is 35.5. The molecule has 0 saturated heterocycles. The zero-order valence-corrected chi connectivity index (χ0v) is 17.4. The molecule has 5 rings (SSSR count). The van der Waals surface area contributed by atoms with E-state index in [1.54, 1.807) is 0 Å². The monoisotopic (exact) mass is 480 g/mol. The molecule has 1 N–H and O–H groups in total. The van der Waals surface area contributed by atoms with E-state index in [1.807, 2.05) is 0 Å². The van der Waals surface area contributed by atoms with Crippen molar-refractivity contribution in [1.82, 2.24) is 34.6 Å². The summed E-state index contributed by atoms with van der Waals surface area (Å²) in [6.45, 7) is 0.961. The Morgan fingerprint density at radius 2 is 1.94 bits per heavy atom. The highest BCUT2D eigenvalue weighted by Gasteiger charge is 2.60. The molecule has 2 atom stereocenters. The molecular weight excluding hydrogens is 468 g/mol. The zero-order valence-electron chi connectivity index (χ0n) is 16.7. The molecule has 4 aromatic heterocycles. The van der Waals surface area contributed by atoms with Crippen molar-refractivity contribution in [2.24, 2.45) is 0 Å². The summed E-state index contributed by atoms with van der Waals surface area (Å²) in [5.41, 5.74) is -2.67. The number of fused-ring (bicyclic) bond motifs is 3. The lowest BCUT2D eigenvalue weighted by Crippen LogP contribution is -2.39. The molecule has 1 amide bonds. The molecule has 0 fully saturated rings. The first-order chi connectivity index (χ1) is 15.6. The quantitative estimate of drug-likeness (QED) is 0.451. The molecule has 33 heavy (non-hydrogen) atoms. The van der Waals surface area contributed by atoms with E-state index in [-0.39, 0.29) is 33.4 Å². The van der Waals surface area contributed by atoms with Gasteiger partial charge in [-0.1, -0.05) is 11.6 Å². The number of anilines is 1. The minimum atomic E-state index is -4.73. The van der Waals surface area contributed by atoms with E-state index in [4.69, 9.17) is 11.6 Å². The molecule has 0 spiro atoms. The summed E-state index contributed by atoms with van der Waals surface area (Å²) in [5, 5.41) is 14.0. The average molecular weight is 481 g/mol. The molecule has 14 heteroatoms. The van der Waals surface area contributed by atoms with E-state index in [0.717, 1.165) is 23.7 Å². The number of rotatable bonds is 3. The van der Waals surface area contributed by atoms with Crippen LogP contribution >= 0.6 is 11.6 Å². The number of amides is 1. The lowest BCUT2D eigenvalue weighted by Gasteiger charge is -2.28. The predicted molar refractivity (Wildman–Crippen MR) is 107 cm³/mol. The van der Waals surface area contributed by atoms with Crippen molar-refractivity contribution in [3.8, 4) is 5.82 Å². The smallest absolute Gasteiger partial charge is 0.324 e. The fourth-order valence-corrected chi connectivity index (χ4v) is 4.27. The third kappa shape index (κ3) is 3.30. The fraction of sp³-hybridized carbons (Fsp3) is 0.263. The van der Waals surface area contributed by atoms with E-state index >= 15 is 0 Å². The number of aromatic nitrogens is 7. The molecule has 170 valence electrons. The maximum Gasteiger partial charge on any atom is 0.399 e. The SMILES string of the molecule is CC1(C(F)(F)F)CC(C(=O)Nc2cnc(-n3nccn3)c(Cl)c2)c2cnc3cc(F)nn3c21. The summed E-state index contributed by atoms with van der Waals surface area (Å²) >= 11 is 6.20. The second kappa shape index (κ2) is 7.20. The van der Waals surface area contributed by atoms with Crippen LogP contribution in [0.2, 0.25) is 5.02 Å². The van der Waals surface area contributed by atoms with Crippen LogP contribution < -0.4 is 5.32 Å². The Morgan fingerprint density at radius 3 is 2.61 bits per heavy atom. The topological polar surface area (TPSA) is 103 Å². The van der Waals surface area contributed by atoms with E-state index in [2.05, 4.69) is 30.6 Å². The van der Waals surface area contributed by atoms with Crippen LogP contribution in [0.3, 0.4) is 0 Å². The van der Waals surface area contributed by atoms with Crippen molar-refractivity contribution >= 4 is 28.8 Å². The van der Waals surface area contributed by atoms with Crippen molar-refractivity contribution in [3.05, 3.63) is 59.1 Å². The van der Waals surface area contributed by atoms with Gasteiger partial charge in [0.15, 0.2) is 11.5 Å². The van der Waals surface area contributed by atoms with Gasteiger partial charge in [-0.2, -0.15) is 27.8 Å². The minimum Gasteiger partial charge on any atom is -0.324 e. The van der Waals surface area contributed by atoms with E-state index in [1.165, 1.54) is 29.5 Å². The minimum absolute atomic E-state index is 0.0133. The maximum absolute atomic E-state index is 14.1. The van der Waals surface area contributed by atoms with Crippen LogP contribution in [-0.4, -0.2) is 46.7 Å². The Morgan fingerprint density at radius 1 is 1.21 bits per heavy atom. The molecule has 4 heterocycles. The Hall–Kier alpha value is -3.61. The van der Waals surface area contributed by atoms with Crippen LogP contribution in [0.5, 0.6) is 0 Å². The summed E-state index contributed by atoms with van der Waals surface area (Å²) < 4.78 is 56.9. The molecule has 0 radical (unpaired) electrons. The molecule has 0 saturated carbocycles. The van der Waals surface area contributed by atoms with Gasteiger partial charge < -0.3 is 5.32 Å². The van der Waals surface area contributed by atoms with Gasteiger partial charge in [0.1, 0.15) is 5.41 Å². The Labute approximate surface area is 187 Å². The molecule has 0 aliphatic heterocycles. The predicted octanol–water partition coefficient (Wildman–Crippen LogP) is 3.44. The normalized spacial score (nSPS) is 20.2. The van der Waals surface area contributed by atoms with Gasteiger partial charge in [-0.25, -0.2) is 14.5 Å². The van der Waals surface area contributed by atoms with Crippen LogP contribution in [0, 0.1) is 5.95 Å². The average Bonchev–Trinajstić information content (AvgIpc) is 3.45. The van der Waals surface area contributed by atoms with Gasteiger partial charge in [-0.3, -0.25) is 4.79 Å². The number of hydrogen-bond acceptors (Lipinski definition) is 6. The molecule has 1 aliphatic rings. The maximum atomic E-state index is 14.1. The number of nitrogens with one attached hydrogen (secondary N) is 1. The summed E-state index contributed by atoms with van der Waals surface area (Å²) in [6, 6.07) is 2.31. The number of carbonyl (C=O) groups excluding carboxylic acids is 1. The summed E-state index contributed by atoms with van der Waals surface area (Å²) in [4.78, 5) is 22.3. The van der Waals surface area contributed by atoms with E-state index in [9.17, 15) is 22.4 Å². The number of halogens is 5. The van der Waals surface area contributed by atoms with Crippen LogP contribution in [0.15, 0.2) is 36.9 Å². The van der Waals surface area contributed by atoms with Crippen LogP contribution in [0.1, 0.15) is 30.5 Å². The largest absolute Gasteiger partial charge is 0.399 e. The molecular formula is C19H13ClF4N8O. The Kier molecular flexibility index (Phi) is 4.64. The van der Waals surface area contributed by atoms with Gasteiger partial charge >= 0.3 is 6.18 Å². The number of pyridine rings is 1. The van der Waals surface area contributed by atoms with Gasteiger partial charge in [0.2, 0.25) is 11.9 Å². The van der Waals surface area contributed by atoms with E-state index in [0.29, 0.717) is 0 Å². The number of hydrogen-bond donors (Lipinski definition) is 1. The van der Waals surface area contributed by atoms with Crippen molar-refractivity contribution in [2.45, 2.75) is 30.9 Å². The fourth-order valence-electron chi connectivity index (χ4n) is 4.03. The molecule has 0 aromatic carbocycles. The summed E-state index contributed by atoms with van der Waals surface area (Å²) in [6.07, 6.45) is -0.0256. The Balaban J connectivity index is 1.51. The standard InChI is InChI=1S/C19H13ClF4N8O/c1-18(19(22,23)24)6-10(11-8-25-14-5-13(21)30-31(14)15(11)18)17(33)29-9-4-12(20)16(26-7-9)32-27-2-3-28-32/h2-5,7-8,10H,6H2,1H3,(H,29,33). The molecule has 0 bridgehead atoms. The molecule has 2 unspecified atom stereocenters. The highest BCUT2D eigenvalue weighted by Crippen LogP contribution is 2.54. The van der Waals surface area contributed by atoms with Gasteiger partial charge in [-0.15, -0.1) is 9.90 Å². The van der Waals surface area contributed by atoms with Gasteiger partial charge in [0.25, 0.3) is 0 Å². The number of nitrogens with zero attached hydrogens (tertiary/aromatic N) is 7. The summed E-state index contributed by atoms with van der Waals surface area (Å²) in [5.74, 6) is -2.70. The van der Waals surface area contributed by atoms with Gasteiger partial charge in [-0.05, 0) is 19.4 Å². The highest BCUT2D eigenvalue weighted by molar-refractivity contribution is 6.32. The number of alkyl halides is 3. The van der Waals surface area contributed by atoms with Crippen LogP contribution in [0.4, 0.5) is 23.2 Å². The molecule has 4 aromatic rings. The van der Waals surface area contributed by atoms with Crippen molar-refractivity contribution < 1.29 is 22.4 Å². The van der Waals surface area contributed by atoms with Gasteiger partial charge in [0, 0.05) is 17.8 Å². The number of carbonyl (C=O) groups is 1. The zero-order chi connectivity index (χ0) is 23.5. The lowest BCUT2D eigenvalue weighted by molar-refractivity contribution is -0.187. The first-order valence-corrected chi connectivity index (χ1v) is 9.91. The van der Waals surface area contributed by atoms with E-state index < -0.39 is 35.8 Å². The Bertz CT molecular complexity index is 1390. The van der Waals surface area contributed by atoms with Gasteiger partial charge in [0.05, 0.1) is 40.9 Å². The molecule has 9 nitrogen and oxygen atoms in total. The third-order valence-corrected chi connectivity index (χ3v) is 5.91. The first kappa shape index (κ1) is 21.2. The van der Waals surface area contributed by atoms with Crippen molar-refractivity contribution in [2.75, 3.05) is 5.32 Å². The lowest BCUT2D eigenvalue weighted by atomic mass is 9.85. The van der Waals surface area contributed by atoms with Crippen molar-refractivity contribution in [3.63, 3.8) is 0 Å². The first-order valence-electron chi connectivity index (χ1n) is 9.53. The third-order valence-electron chi connectivity index (χ3n) is 5.63. The van der Waals surface area contributed by atoms with Crippen LogP contribution in [-0.2, 0) is 10.2 Å².